The van der Waals surface area contributed by atoms with Crippen LogP contribution >= 0.6 is 0 Å². The van der Waals surface area contributed by atoms with Gasteiger partial charge in [-0.05, 0) is 71.6 Å². The fraction of sp³-hybridized carbons (Fsp3) is 0.900. The highest BCUT2D eigenvalue weighted by molar-refractivity contribution is 5.88. The molecule has 25 heavy (non-hydrogen) atoms. The summed E-state index contributed by atoms with van der Waals surface area (Å²) in [6.45, 7) is 9.98. The second-order valence-electron chi connectivity index (χ2n) is 9.01. The van der Waals surface area contributed by atoms with Crippen molar-refractivity contribution < 1.29 is 14.3 Å². The summed E-state index contributed by atoms with van der Waals surface area (Å²) in [6, 6.07) is 0.528. The Balaban J connectivity index is 1.83. The first-order valence-corrected chi connectivity index (χ1v) is 10.1. The summed E-state index contributed by atoms with van der Waals surface area (Å²) < 4.78 is 5.64. The normalized spacial score (nSPS) is 34.7. The van der Waals surface area contributed by atoms with Crippen LogP contribution in [-0.4, -0.2) is 51.6 Å². The molecule has 0 aromatic carbocycles. The molecule has 0 spiro atoms. The molecule has 5 heteroatoms. The van der Waals surface area contributed by atoms with E-state index in [1.54, 1.807) is 4.90 Å². The van der Waals surface area contributed by atoms with Gasteiger partial charge in [-0.3, -0.25) is 9.69 Å². The Morgan fingerprint density at radius 2 is 1.56 bits per heavy atom. The van der Waals surface area contributed by atoms with Crippen LogP contribution < -0.4 is 0 Å². The average molecular weight is 351 g/mol. The lowest BCUT2D eigenvalue weighted by atomic mass is 9.96. The molecule has 0 radical (unpaired) electrons. The van der Waals surface area contributed by atoms with Crippen molar-refractivity contribution >= 4 is 12.0 Å². The monoisotopic (exact) mass is 350 g/mol. The number of likely N-dealkylation sites (tertiary alicyclic amines) is 2. The molecule has 5 nitrogen and oxygen atoms in total. The van der Waals surface area contributed by atoms with Crippen molar-refractivity contribution in [1.29, 1.82) is 0 Å². The molecular weight excluding hydrogens is 316 g/mol. The minimum absolute atomic E-state index is 0.175. The number of carbonyl (C=O) groups excluding carboxylic acids is 2. The van der Waals surface area contributed by atoms with Crippen molar-refractivity contribution in [1.82, 2.24) is 9.80 Å². The van der Waals surface area contributed by atoms with Gasteiger partial charge in [0.25, 0.3) is 0 Å². The number of rotatable bonds is 3. The number of hydrogen-bond donors (Lipinski definition) is 0. The van der Waals surface area contributed by atoms with Gasteiger partial charge in [-0.1, -0.05) is 13.8 Å². The standard InChI is InChI=1S/C20H34N2O3/c1-6-14-10-11-15(7-2)21(14)18(23)17-13-8-9-16(12-13)22(17)19(24)25-20(3,4)5/h13-17H,6-12H2,1-5H3/t13-,14-,15-,16+,17-/m1/s1. The second-order valence-corrected chi connectivity index (χ2v) is 9.01. The zero-order valence-corrected chi connectivity index (χ0v) is 16.5. The van der Waals surface area contributed by atoms with Crippen LogP contribution in [0.5, 0.6) is 0 Å². The van der Waals surface area contributed by atoms with Gasteiger partial charge >= 0.3 is 6.09 Å². The molecule has 2 aliphatic heterocycles. The first kappa shape index (κ1) is 18.5. The molecular formula is C20H34N2O3. The molecule has 0 unspecified atom stereocenters. The predicted molar refractivity (Wildman–Crippen MR) is 97.2 cm³/mol. The van der Waals surface area contributed by atoms with Gasteiger partial charge in [0.1, 0.15) is 11.6 Å². The maximum absolute atomic E-state index is 13.5. The van der Waals surface area contributed by atoms with Crippen LogP contribution in [0.4, 0.5) is 4.79 Å². The lowest BCUT2D eigenvalue weighted by molar-refractivity contribution is -0.141. The summed E-state index contributed by atoms with van der Waals surface area (Å²) in [7, 11) is 0. The lowest BCUT2D eigenvalue weighted by Gasteiger charge is -2.40. The van der Waals surface area contributed by atoms with E-state index in [0.717, 1.165) is 44.9 Å². The smallest absolute Gasteiger partial charge is 0.411 e. The van der Waals surface area contributed by atoms with Crippen LogP contribution in [0, 0.1) is 5.92 Å². The first-order chi connectivity index (χ1) is 11.8. The predicted octanol–water partition coefficient (Wildman–Crippen LogP) is 3.95. The Bertz CT molecular complexity index is 516. The minimum atomic E-state index is -0.530. The lowest BCUT2D eigenvalue weighted by Crippen LogP contribution is -2.56. The van der Waals surface area contributed by atoms with Crippen molar-refractivity contribution in [3.63, 3.8) is 0 Å². The summed E-state index contributed by atoms with van der Waals surface area (Å²) in [6.07, 6.45) is 6.88. The first-order valence-electron chi connectivity index (χ1n) is 10.1. The Morgan fingerprint density at radius 3 is 2.08 bits per heavy atom. The van der Waals surface area contributed by atoms with Crippen LogP contribution in [0.2, 0.25) is 0 Å². The number of carbonyl (C=O) groups is 2. The number of ether oxygens (including phenoxy) is 1. The van der Waals surface area contributed by atoms with Gasteiger partial charge in [0, 0.05) is 18.1 Å². The van der Waals surface area contributed by atoms with Crippen LogP contribution in [0.3, 0.4) is 0 Å². The number of piperidine rings is 1. The highest BCUT2D eigenvalue weighted by Gasteiger charge is 2.54. The van der Waals surface area contributed by atoms with E-state index in [1.807, 2.05) is 20.8 Å². The van der Waals surface area contributed by atoms with Gasteiger partial charge in [0.2, 0.25) is 5.91 Å². The van der Waals surface area contributed by atoms with E-state index >= 15 is 0 Å². The Morgan fingerprint density at radius 1 is 0.960 bits per heavy atom. The largest absolute Gasteiger partial charge is 0.444 e. The van der Waals surface area contributed by atoms with E-state index in [9.17, 15) is 9.59 Å². The zero-order chi connectivity index (χ0) is 18.4. The summed E-state index contributed by atoms with van der Waals surface area (Å²) in [5.41, 5.74) is -0.530. The van der Waals surface area contributed by atoms with Gasteiger partial charge in [0.15, 0.2) is 0 Å². The molecule has 0 aromatic rings. The number of fused-ring (bicyclic) bond motifs is 2. The van der Waals surface area contributed by atoms with Crippen LogP contribution in [0.25, 0.3) is 0 Å². The molecule has 142 valence electrons. The Hall–Kier alpha value is -1.26. The Labute approximate surface area is 152 Å². The van der Waals surface area contributed by atoms with Crippen molar-refractivity contribution in [2.75, 3.05) is 0 Å². The Kier molecular flexibility index (Phi) is 5.04. The molecule has 3 fully saturated rings. The second kappa shape index (κ2) is 6.81. The quantitative estimate of drug-likeness (QED) is 0.774. The third-order valence-electron chi connectivity index (χ3n) is 6.26. The van der Waals surface area contributed by atoms with Crippen molar-refractivity contribution in [3.05, 3.63) is 0 Å². The molecule has 0 N–H and O–H groups in total. The molecule has 2 amide bonds. The maximum Gasteiger partial charge on any atom is 0.411 e. The van der Waals surface area contributed by atoms with Crippen molar-refractivity contribution in [2.24, 2.45) is 5.92 Å². The number of amides is 2. The molecule has 0 aromatic heterocycles. The minimum Gasteiger partial charge on any atom is -0.444 e. The summed E-state index contributed by atoms with van der Waals surface area (Å²) in [4.78, 5) is 30.3. The SMILES string of the molecule is CC[C@@H]1CC[C@@H](CC)N1C(=O)[C@H]1[C@@H]2CC[C@@H](C2)N1C(=O)OC(C)(C)C. The molecule has 1 aliphatic carbocycles. The third-order valence-corrected chi connectivity index (χ3v) is 6.26. The number of hydrogen-bond acceptors (Lipinski definition) is 3. The molecule has 5 atom stereocenters. The topological polar surface area (TPSA) is 49.9 Å². The molecule has 3 rings (SSSR count). The number of nitrogens with zero attached hydrogens (tertiary/aromatic N) is 2. The van der Waals surface area contributed by atoms with Gasteiger partial charge in [-0.25, -0.2) is 4.79 Å². The van der Waals surface area contributed by atoms with E-state index < -0.39 is 5.60 Å². The molecule has 1 saturated carbocycles. The molecule has 2 saturated heterocycles. The van der Waals surface area contributed by atoms with Crippen molar-refractivity contribution in [3.8, 4) is 0 Å². The van der Waals surface area contributed by atoms with Gasteiger partial charge in [-0.2, -0.15) is 0 Å². The molecule has 3 aliphatic rings. The van der Waals surface area contributed by atoms with E-state index in [4.69, 9.17) is 4.74 Å². The highest BCUT2D eigenvalue weighted by atomic mass is 16.6. The van der Waals surface area contributed by atoms with E-state index in [-0.39, 0.29) is 24.1 Å². The zero-order valence-electron chi connectivity index (χ0n) is 16.5. The highest BCUT2D eigenvalue weighted by Crippen LogP contribution is 2.45. The summed E-state index contributed by atoms with van der Waals surface area (Å²) >= 11 is 0. The van der Waals surface area contributed by atoms with Gasteiger partial charge in [0.05, 0.1) is 0 Å². The maximum atomic E-state index is 13.5. The van der Waals surface area contributed by atoms with E-state index in [2.05, 4.69) is 18.7 Å². The van der Waals surface area contributed by atoms with Gasteiger partial charge in [-0.15, -0.1) is 0 Å². The van der Waals surface area contributed by atoms with Crippen LogP contribution in [-0.2, 0) is 9.53 Å². The third kappa shape index (κ3) is 3.39. The van der Waals surface area contributed by atoms with E-state index in [0.29, 0.717) is 18.0 Å². The van der Waals surface area contributed by atoms with Crippen molar-refractivity contribution in [2.45, 2.75) is 109 Å². The fourth-order valence-electron chi connectivity index (χ4n) is 5.16. The van der Waals surface area contributed by atoms with Crippen LogP contribution in [0.1, 0.15) is 79.6 Å². The summed E-state index contributed by atoms with van der Waals surface area (Å²) in [5.74, 6) is 0.481. The van der Waals surface area contributed by atoms with E-state index in [1.165, 1.54) is 0 Å². The summed E-state index contributed by atoms with van der Waals surface area (Å²) in [5, 5.41) is 0. The molecule has 2 heterocycles. The van der Waals surface area contributed by atoms with Gasteiger partial charge < -0.3 is 9.64 Å². The molecule has 2 bridgehead atoms. The van der Waals surface area contributed by atoms with Crippen LogP contribution in [0.15, 0.2) is 0 Å². The fourth-order valence-corrected chi connectivity index (χ4v) is 5.16. The average Bonchev–Trinajstić information content (AvgIpc) is 3.24.